The molecule has 0 amide bonds. The monoisotopic (exact) mass is 282 g/mol. The molecule has 0 radical (unpaired) electrons. The van der Waals surface area contributed by atoms with Gasteiger partial charge in [-0.1, -0.05) is 6.92 Å². The van der Waals surface area contributed by atoms with Gasteiger partial charge in [0.25, 0.3) is 0 Å². The molecular weight excluding hydrogens is 256 g/mol. The van der Waals surface area contributed by atoms with Gasteiger partial charge in [-0.25, -0.2) is 4.79 Å². The third kappa shape index (κ3) is 4.65. The first kappa shape index (κ1) is 16.7. The second kappa shape index (κ2) is 8.07. The van der Waals surface area contributed by atoms with Crippen LogP contribution in [0.1, 0.15) is 42.6 Å². The molecule has 1 rings (SSSR count). The van der Waals surface area contributed by atoms with Crippen molar-refractivity contribution in [2.45, 2.75) is 26.3 Å². The fourth-order valence-electron chi connectivity index (χ4n) is 2.08. The van der Waals surface area contributed by atoms with Gasteiger partial charge in [-0.05, 0) is 46.1 Å². The molecule has 1 heterocycles. The number of likely N-dealkylation sites (N-methyl/N-ethyl adjacent to an activating group) is 1. The van der Waals surface area contributed by atoms with E-state index in [9.17, 15) is 4.79 Å². The SMILES string of the molecule is CCCN(CCN(C)C)C(C)c1ccc(C(=O)OC)o1. The number of methoxy groups -OCH3 is 1. The Kier molecular flexibility index (Phi) is 6.75. The molecule has 0 aliphatic rings. The Labute approximate surface area is 121 Å². The zero-order valence-corrected chi connectivity index (χ0v) is 13.2. The molecule has 1 aromatic heterocycles. The fraction of sp³-hybridized carbons (Fsp3) is 0.667. The Hall–Kier alpha value is -1.33. The first-order chi connectivity index (χ1) is 9.49. The molecule has 114 valence electrons. The van der Waals surface area contributed by atoms with E-state index in [0.717, 1.165) is 31.8 Å². The van der Waals surface area contributed by atoms with E-state index < -0.39 is 5.97 Å². The van der Waals surface area contributed by atoms with Crippen LogP contribution in [0, 0.1) is 0 Å². The molecule has 5 heteroatoms. The summed E-state index contributed by atoms with van der Waals surface area (Å²) in [6, 6.07) is 3.68. The zero-order chi connectivity index (χ0) is 15.1. The van der Waals surface area contributed by atoms with E-state index in [1.54, 1.807) is 6.07 Å². The number of hydrogen-bond acceptors (Lipinski definition) is 5. The van der Waals surface area contributed by atoms with Crippen LogP contribution in [-0.4, -0.2) is 56.6 Å². The predicted octanol–water partition coefficient (Wildman–Crippen LogP) is 2.40. The highest BCUT2D eigenvalue weighted by atomic mass is 16.5. The summed E-state index contributed by atoms with van der Waals surface area (Å²) >= 11 is 0. The van der Waals surface area contributed by atoms with Gasteiger partial charge in [-0.3, -0.25) is 4.90 Å². The largest absolute Gasteiger partial charge is 0.463 e. The van der Waals surface area contributed by atoms with Gasteiger partial charge >= 0.3 is 5.97 Å². The molecular formula is C15H26N2O3. The van der Waals surface area contributed by atoms with Crippen LogP contribution in [0.15, 0.2) is 16.5 Å². The van der Waals surface area contributed by atoms with Gasteiger partial charge in [-0.15, -0.1) is 0 Å². The standard InChI is InChI=1S/C15H26N2O3/c1-6-9-17(11-10-16(3)4)12(2)13-7-8-14(20-13)15(18)19-5/h7-8,12H,6,9-11H2,1-5H3. The van der Waals surface area contributed by atoms with Crippen molar-refractivity contribution in [2.75, 3.05) is 40.8 Å². The van der Waals surface area contributed by atoms with E-state index in [1.807, 2.05) is 6.07 Å². The Morgan fingerprint density at radius 3 is 2.55 bits per heavy atom. The quantitative estimate of drug-likeness (QED) is 0.685. The molecule has 0 aliphatic carbocycles. The maximum Gasteiger partial charge on any atom is 0.373 e. The number of furan rings is 1. The fourth-order valence-corrected chi connectivity index (χ4v) is 2.08. The highest BCUT2D eigenvalue weighted by molar-refractivity contribution is 5.86. The second-order valence-corrected chi connectivity index (χ2v) is 5.21. The molecule has 1 unspecified atom stereocenters. The minimum absolute atomic E-state index is 0.147. The molecule has 5 nitrogen and oxygen atoms in total. The summed E-state index contributed by atoms with van der Waals surface area (Å²) in [6.45, 7) is 7.23. The number of hydrogen-bond donors (Lipinski definition) is 0. The minimum atomic E-state index is -0.432. The number of carbonyl (C=O) groups is 1. The lowest BCUT2D eigenvalue weighted by molar-refractivity contribution is 0.0558. The van der Waals surface area contributed by atoms with Gasteiger partial charge in [0.1, 0.15) is 5.76 Å². The Morgan fingerprint density at radius 1 is 1.30 bits per heavy atom. The molecule has 0 fully saturated rings. The van der Waals surface area contributed by atoms with E-state index in [-0.39, 0.29) is 11.8 Å². The van der Waals surface area contributed by atoms with Crippen LogP contribution in [0.3, 0.4) is 0 Å². The summed E-state index contributed by atoms with van der Waals surface area (Å²) in [5.41, 5.74) is 0. The average Bonchev–Trinajstić information content (AvgIpc) is 2.91. The summed E-state index contributed by atoms with van der Waals surface area (Å²) in [5.74, 6) is 0.634. The Bertz CT molecular complexity index is 415. The third-order valence-corrected chi connectivity index (χ3v) is 3.32. The van der Waals surface area contributed by atoms with Crippen molar-refractivity contribution in [3.63, 3.8) is 0 Å². The highest BCUT2D eigenvalue weighted by Crippen LogP contribution is 2.23. The lowest BCUT2D eigenvalue weighted by atomic mass is 10.2. The summed E-state index contributed by atoms with van der Waals surface area (Å²) in [5, 5.41) is 0. The van der Waals surface area contributed by atoms with E-state index >= 15 is 0 Å². The minimum Gasteiger partial charge on any atom is -0.463 e. The number of carbonyl (C=O) groups excluding carboxylic acids is 1. The molecule has 0 aromatic carbocycles. The van der Waals surface area contributed by atoms with Gasteiger partial charge in [0, 0.05) is 13.1 Å². The van der Waals surface area contributed by atoms with Gasteiger partial charge in [0.05, 0.1) is 13.2 Å². The number of rotatable bonds is 8. The zero-order valence-electron chi connectivity index (χ0n) is 13.2. The smallest absolute Gasteiger partial charge is 0.373 e. The number of nitrogens with zero attached hydrogens (tertiary/aromatic N) is 2. The first-order valence-electron chi connectivity index (χ1n) is 7.06. The number of ether oxygens (including phenoxy) is 1. The van der Waals surface area contributed by atoms with Gasteiger partial charge in [-0.2, -0.15) is 0 Å². The predicted molar refractivity (Wildman–Crippen MR) is 78.9 cm³/mol. The van der Waals surface area contributed by atoms with Crippen LogP contribution in [0.2, 0.25) is 0 Å². The van der Waals surface area contributed by atoms with Gasteiger partial charge in [0.15, 0.2) is 0 Å². The maximum absolute atomic E-state index is 11.4. The average molecular weight is 282 g/mol. The third-order valence-electron chi connectivity index (χ3n) is 3.32. The van der Waals surface area contributed by atoms with Crippen LogP contribution in [0.4, 0.5) is 0 Å². The van der Waals surface area contributed by atoms with Crippen LogP contribution >= 0.6 is 0 Å². The Morgan fingerprint density at radius 2 is 2.00 bits per heavy atom. The van der Waals surface area contributed by atoms with Crippen molar-refractivity contribution >= 4 is 5.97 Å². The first-order valence-corrected chi connectivity index (χ1v) is 7.06. The summed E-state index contributed by atoms with van der Waals surface area (Å²) in [6.07, 6.45) is 1.09. The lowest BCUT2D eigenvalue weighted by Gasteiger charge is -2.28. The molecule has 0 aliphatic heterocycles. The molecule has 0 bridgehead atoms. The van der Waals surface area contributed by atoms with Crippen molar-refractivity contribution in [3.05, 3.63) is 23.7 Å². The molecule has 0 spiro atoms. The molecule has 0 saturated carbocycles. The molecule has 0 saturated heterocycles. The molecule has 1 aromatic rings. The van der Waals surface area contributed by atoms with E-state index in [4.69, 9.17) is 4.42 Å². The summed E-state index contributed by atoms with van der Waals surface area (Å²) < 4.78 is 10.3. The summed E-state index contributed by atoms with van der Waals surface area (Å²) in [7, 11) is 5.49. The van der Waals surface area contributed by atoms with Gasteiger partial charge in [0.2, 0.25) is 5.76 Å². The van der Waals surface area contributed by atoms with Crippen molar-refractivity contribution in [1.29, 1.82) is 0 Å². The van der Waals surface area contributed by atoms with Crippen molar-refractivity contribution < 1.29 is 13.9 Å². The van der Waals surface area contributed by atoms with E-state index in [2.05, 4.69) is 42.5 Å². The van der Waals surface area contributed by atoms with Crippen LogP contribution < -0.4 is 0 Å². The van der Waals surface area contributed by atoms with Crippen LogP contribution in [0.5, 0.6) is 0 Å². The Balaban J connectivity index is 2.75. The van der Waals surface area contributed by atoms with Crippen molar-refractivity contribution in [3.8, 4) is 0 Å². The lowest BCUT2D eigenvalue weighted by Crippen LogP contribution is -2.34. The normalized spacial score (nSPS) is 12.9. The van der Waals surface area contributed by atoms with Crippen LogP contribution in [0.25, 0.3) is 0 Å². The number of esters is 1. The van der Waals surface area contributed by atoms with Gasteiger partial charge < -0.3 is 14.1 Å². The maximum atomic E-state index is 11.4. The highest BCUT2D eigenvalue weighted by Gasteiger charge is 2.20. The molecule has 0 N–H and O–H groups in total. The van der Waals surface area contributed by atoms with E-state index in [0.29, 0.717) is 0 Å². The topological polar surface area (TPSA) is 45.9 Å². The summed E-state index contributed by atoms with van der Waals surface area (Å²) in [4.78, 5) is 15.9. The molecule has 20 heavy (non-hydrogen) atoms. The van der Waals surface area contributed by atoms with Crippen molar-refractivity contribution in [1.82, 2.24) is 9.80 Å². The van der Waals surface area contributed by atoms with E-state index in [1.165, 1.54) is 7.11 Å². The van der Waals surface area contributed by atoms with Crippen LogP contribution in [-0.2, 0) is 4.74 Å². The van der Waals surface area contributed by atoms with Crippen molar-refractivity contribution in [2.24, 2.45) is 0 Å². The molecule has 1 atom stereocenters. The second-order valence-electron chi connectivity index (χ2n) is 5.21.